The van der Waals surface area contributed by atoms with Gasteiger partial charge in [-0.1, -0.05) is 0 Å². The van der Waals surface area contributed by atoms with E-state index in [1.54, 1.807) is 6.07 Å². The molecule has 0 amide bonds. The van der Waals surface area contributed by atoms with E-state index >= 15 is 0 Å². The number of hydrogen-bond acceptors (Lipinski definition) is 4. The van der Waals surface area contributed by atoms with Gasteiger partial charge in [-0.05, 0) is 6.07 Å². The first kappa shape index (κ1) is 8.55. The maximum Gasteiger partial charge on any atom is 0.376 e. The van der Waals surface area contributed by atoms with Gasteiger partial charge in [0.1, 0.15) is 0 Å². The van der Waals surface area contributed by atoms with Crippen molar-refractivity contribution in [3.63, 3.8) is 0 Å². The molecule has 0 spiro atoms. The molecule has 1 heterocycles. The fourth-order valence-corrected chi connectivity index (χ4v) is 1.03. The SMILES string of the molecule is OP(O)(=S)Oc1cccnn1. The van der Waals surface area contributed by atoms with Crippen LogP contribution in [0.3, 0.4) is 0 Å². The van der Waals surface area contributed by atoms with E-state index in [2.05, 4.69) is 26.5 Å². The minimum absolute atomic E-state index is 0.0147. The third-order valence-electron chi connectivity index (χ3n) is 0.760. The van der Waals surface area contributed by atoms with Crippen LogP contribution in [-0.4, -0.2) is 20.0 Å². The molecule has 7 heteroatoms. The summed E-state index contributed by atoms with van der Waals surface area (Å²) in [6.45, 7) is -3.66. The van der Waals surface area contributed by atoms with Crippen molar-refractivity contribution in [2.45, 2.75) is 0 Å². The van der Waals surface area contributed by atoms with Crippen LogP contribution in [-0.2, 0) is 11.8 Å². The molecule has 5 nitrogen and oxygen atoms in total. The van der Waals surface area contributed by atoms with Crippen LogP contribution in [0.2, 0.25) is 0 Å². The smallest absolute Gasteiger partial charge is 0.376 e. The first-order chi connectivity index (χ1) is 5.08. The molecule has 1 aromatic rings. The standard InChI is InChI=1S/C4H5N2O3PS/c7-10(8,11)9-4-2-1-3-5-6-4/h1-3H,(H2,7,8,11). The number of hydrogen-bond donors (Lipinski definition) is 2. The predicted molar refractivity (Wildman–Crippen MR) is 41.4 cm³/mol. The summed E-state index contributed by atoms with van der Waals surface area (Å²) in [5, 5.41) is 6.88. The van der Waals surface area contributed by atoms with E-state index in [0.717, 1.165) is 0 Å². The Morgan fingerprint density at radius 2 is 2.27 bits per heavy atom. The Hall–Kier alpha value is -0.550. The molecule has 0 aromatic carbocycles. The first-order valence-corrected chi connectivity index (χ1v) is 5.23. The van der Waals surface area contributed by atoms with Crippen LogP contribution in [0.15, 0.2) is 18.3 Å². The van der Waals surface area contributed by atoms with Gasteiger partial charge in [-0.2, -0.15) is 5.10 Å². The van der Waals surface area contributed by atoms with Crippen LogP contribution in [0.25, 0.3) is 0 Å². The number of aromatic nitrogens is 2. The van der Waals surface area contributed by atoms with Gasteiger partial charge in [0.2, 0.25) is 5.88 Å². The Morgan fingerprint density at radius 3 is 2.73 bits per heavy atom. The van der Waals surface area contributed by atoms with Gasteiger partial charge >= 0.3 is 6.72 Å². The second kappa shape index (κ2) is 3.23. The van der Waals surface area contributed by atoms with E-state index < -0.39 is 6.72 Å². The minimum atomic E-state index is -3.66. The zero-order chi connectivity index (χ0) is 8.32. The number of nitrogens with zero attached hydrogens (tertiary/aromatic N) is 2. The van der Waals surface area contributed by atoms with Gasteiger partial charge in [-0.15, -0.1) is 5.10 Å². The zero-order valence-corrected chi connectivity index (χ0v) is 7.00. The van der Waals surface area contributed by atoms with Gasteiger partial charge < -0.3 is 14.3 Å². The van der Waals surface area contributed by atoms with Crippen molar-refractivity contribution in [3.05, 3.63) is 18.3 Å². The molecule has 0 aliphatic rings. The molecule has 11 heavy (non-hydrogen) atoms. The van der Waals surface area contributed by atoms with Crippen molar-refractivity contribution >= 4 is 18.5 Å². The largest absolute Gasteiger partial charge is 0.404 e. The second-order valence-electron chi connectivity index (χ2n) is 1.64. The lowest BCUT2D eigenvalue weighted by Crippen LogP contribution is -1.92. The van der Waals surface area contributed by atoms with Crippen molar-refractivity contribution in [3.8, 4) is 5.88 Å². The summed E-state index contributed by atoms with van der Waals surface area (Å²) in [7, 11) is 0. The van der Waals surface area contributed by atoms with Gasteiger partial charge in [-0.3, -0.25) is 0 Å². The Balaban J connectivity index is 2.74. The van der Waals surface area contributed by atoms with Crippen LogP contribution >= 0.6 is 6.72 Å². The van der Waals surface area contributed by atoms with E-state index in [0.29, 0.717) is 0 Å². The monoisotopic (exact) mass is 192 g/mol. The molecule has 60 valence electrons. The molecule has 2 N–H and O–H groups in total. The summed E-state index contributed by atoms with van der Waals surface area (Å²) in [5.41, 5.74) is 0. The van der Waals surface area contributed by atoms with Gasteiger partial charge in [0.05, 0.1) is 0 Å². The molecule has 0 unspecified atom stereocenters. The molecule has 1 aromatic heterocycles. The lowest BCUT2D eigenvalue weighted by molar-refractivity contribution is 0.362. The maximum absolute atomic E-state index is 8.66. The molecule has 0 atom stereocenters. The highest BCUT2D eigenvalue weighted by Crippen LogP contribution is 2.36. The molecule has 0 aliphatic carbocycles. The maximum atomic E-state index is 8.66. The molecule has 0 saturated carbocycles. The average Bonchev–Trinajstić information content (AvgIpc) is 1.85. The van der Waals surface area contributed by atoms with Gasteiger partial charge in [0.25, 0.3) is 0 Å². The summed E-state index contributed by atoms with van der Waals surface area (Å²) in [6.07, 6.45) is 1.44. The molecule has 0 fully saturated rings. The molecular formula is C4H5N2O3PS. The molecule has 0 saturated heterocycles. The quantitative estimate of drug-likeness (QED) is 0.645. The van der Waals surface area contributed by atoms with Crippen molar-refractivity contribution in [1.82, 2.24) is 10.2 Å². The molecule has 0 aliphatic heterocycles. The lowest BCUT2D eigenvalue weighted by atomic mass is 10.6. The Labute approximate surface area is 67.9 Å². The summed E-state index contributed by atoms with van der Waals surface area (Å²) in [4.78, 5) is 17.3. The Morgan fingerprint density at radius 1 is 1.55 bits per heavy atom. The third kappa shape index (κ3) is 3.38. The second-order valence-corrected chi connectivity index (χ2v) is 4.23. The molecule has 0 radical (unpaired) electrons. The fourth-order valence-electron chi connectivity index (χ4n) is 0.458. The van der Waals surface area contributed by atoms with Crippen molar-refractivity contribution in [1.29, 1.82) is 0 Å². The van der Waals surface area contributed by atoms with E-state index in [9.17, 15) is 0 Å². The van der Waals surface area contributed by atoms with Crippen molar-refractivity contribution < 1.29 is 14.3 Å². The van der Waals surface area contributed by atoms with E-state index in [1.807, 2.05) is 0 Å². The van der Waals surface area contributed by atoms with Crippen LogP contribution in [0.4, 0.5) is 0 Å². The highest BCUT2D eigenvalue weighted by molar-refractivity contribution is 8.06. The highest BCUT2D eigenvalue weighted by Gasteiger charge is 2.09. The Kier molecular flexibility index (Phi) is 2.51. The summed E-state index contributed by atoms with van der Waals surface area (Å²) in [6, 6.07) is 2.98. The first-order valence-electron chi connectivity index (χ1n) is 2.61. The average molecular weight is 192 g/mol. The van der Waals surface area contributed by atoms with E-state index in [4.69, 9.17) is 9.79 Å². The fraction of sp³-hybridized carbons (Fsp3) is 0. The minimum Gasteiger partial charge on any atom is -0.404 e. The third-order valence-corrected chi connectivity index (χ3v) is 1.41. The van der Waals surface area contributed by atoms with Crippen LogP contribution in [0, 0.1) is 0 Å². The summed E-state index contributed by atoms with van der Waals surface area (Å²) >= 11 is 4.20. The van der Waals surface area contributed by atoms with Crippen molar-refractivity contribution in [2.24, 2.45) is 0 Å². The van der Waals surface area contributed by atoms with Crippen LogP contribution < -0.4 is 4.52 Å². The molecular weight excluding hydrogens is 187 g/mol. The highest BCUT2D eigenvalue weighted by atomic mass is 32.5. The van der Waals surface area contributed by atoms with Crippen LogP contribution in [0.5, 0.6) is 5.88 Å². The molecule has 0 bridgehead atoms. The predicted octanol–water partition coefficient (Wildman–Crippen LogP) is 0.0645. The normalized spacial score (nSPS) is 11.1. The summed E-state index contributed by atoms with van der Waals surface area (Å²) < 4.78 is 4.47. The zero-order valence-electron chi connectivity index (χ0n) is 5.28. The Bertz CT molecular complexity index is 274. The van der Waals surface area contributed by atoms with Gasteiger partial charge in [0.15, 0.2) is 0 Å². The summed E-state index contributed by atoms with van der Waals surface area (Å²) in [5.74, 6) is 0.0147. The van der Waals surface area contributed by atoms with Gasteiger partial charge in [0, 0.05) is 24.1 Å². The number of rotatable bonds is 2. The topological polar surface area (TPSA) is 75.5 Å². The van der Waals surface area contributed by atoms with Gasteiger partial charge in [-0.25, -0.2) is 0 Å². The van der Waals surface area contributed by atoms with Crippen LogP contribution in [0.1, 0.15) is 0 Å². The lowest BCUT2D eigenvalue weighted by Gasteiger charge is -2.06. The van der Waals surface area contributed by atoms with Crippen molar-refractivity contribution in [2.75, 3.05) is 0 Å². The van der Waals surface area contributed by atoms with E-state index in [-0.39, 0.29) is 5.88 Å². The molecule has 1 rings (SSSR count). The van der Waals surface area contributed by atoms with E-state index in [1.165, 1.54) is 12.3 Å².